The van der Waals surface area contributed by atoms with Crippen molar-refractivity contribution >= 4 is 0 Å². The molecule has 0 saturated carbocycles. The molecule has 0 atom stereocenters. The highest BCUT2D eigenvalue weighted by Crippen LogP contribution is 2.37. The zero-order valence-electron chi connectivity index (χ0n) is 10.1. The molecule has 0 aliphatic carbocycles. The highest BCUT2D eigenvalue weighted by molar-refractivity contribution is 5.39. The van der Waals surface area contributed by atoms with Gasteiger partial charge < -0.3 is 9.47 Å². The van der Waals surface area contributed by atoms with Gasteiger partial charge in [-0.3, -0.25) is 0 Å². The number of alkyl halides is 3. The van der Waals surface area contributed by atoms with Gasteiger partial charge in [0.1, 0.15) is 5.75 Å². The summed E-state index contributed by atoms with van der Waals surface area (Å²) >= 11 is 0. The van der Waals surface area contributed by atoms with Gasteiger partial charge in [-0.2, -0.15) is 13.2 Å². The fraction of sp³-hybridized carbons (Fsp3) is 0.538. The molecule has 1 heterocycles. The van der Waals surface area contributed by atoms with Crippen LogP contribution in [0.25, 0.3) is 0 Å². The monoisotopic (exact) mass is 260 g/mol. The molecular weight excluding hydrogens is 245 g/mol. The molecule has 1 saturated heterocycles. The Hall–Kier alpha value is -1.23. The van der Waals surface area contributed by atoms with E-state index in [9.17, 15) is 13.2 Å². The quantitative estimate of drug-likeness (QED) is 0.827. The smallest absolute Gasteiger partial charge is 0.419 e. The average molecular weight is 260 g/mol. The second-order valence-corrected chi connectivity index (χ2v) is 4.40. The lowest BCUT2D eigenvalue weighted by Gasteiger charge is -2.26. The van der Waals surface area contributed by atoms with E-state index in [1.807, 2.05) is 6.92 Å². The lowest BCUT2D eigenvalue weighted by Crippen LogP contribution is -2.32. The molecule has 5 heteroatoms. The summed E-state index contributed by atoms with van der Waals surface area (Å²) in [5, 5.41) is 0. The van der Waals surface area contributed by atoms with Gasteiger partial charge in [-0.1, -0.05) is 13.0 Å². The summed E-state index contributed by atoms with van der Waals surface area (Å²) in [6.07, 6.45) is -3.81. The molecule has 0 bridgehead atoms. The summed E-state index contributed by atoms with van der Waals surface area (Å²) in [6, 6.07) is 4.23. The summed E-state index contributed by atoms with van der Waals surface area (Å²) in [4.78, 5) is 0. The molecule has 1 aromatic rings. The Morgan fingerprint density at radius 3 is 2.56 bits per heavy atom. The van der Waals surface area contributed by atoms with Crippen molar-refractivity contribution in [3.63, 3.8) is 0 Å². The minimum Gasteiger partial charge on any atom is -0.492 e. The van der Waals surface area contributed by atoms with E-state index < -0.39 is 11.7 Å². The van der Waals surface area contributed by atoms with Gasteiger partial charge in [0.15, 0.2) is 0 Å². The minimum atomic E-state index is -4.38. The van der Waals surface area contributed by atoms with Crippen LogP contribution in [0.15, 0.2) is 18.2 Å². The van der Waals surface area contributed by atoms with Crippen molar-refractivity contribution in [1.82, 2.24) is 0 Å². The Balaban J connectivity index is 2.16. The number of ether oxygens (including phenoxy) is 2. The summed E-state index contributed by atoms with van der Waals surface area (Å²) in [6.45, 7) is 3.22. The molecule has 1 aromatic carbocycles. The Kier molecular flexibility index (Phi) is 3.80. The van der Waals surface area contributed by atoms with Gasteiger partial charge in [0.25, 0.3) is 0 Å². The van der Waals surface area contributed by atoms with Crippen LogP contribution in [0, 0.1) is 5.92 Å². The molecule has 2 nitrogen and oxygen atoms in total. The molecule has 0 amide bonds. The van der Waals surface area contributed by atoms with Crippen molar-refractivity contribution in [3.05, 3.63) is 29.3 Å². The lowest BCUT2D eigenvalue weighted by atomic mass is 10.1. The van der Waals surface area contributed by atoms with Crippen LogP contribution in [0.3, 0.4) is 0 Å². The number of halogens is 3. The molecule has 0 spiro atoms. The number of hydrogen-bond acceptors (Lipinski definition) is 2. The molecule has 100 valence electrons. The first kappa shape index (κ1) is 13.2. The topological polar surface area (TPSA) is 18.5 Å². The van der Waals surface area contributed by atoms with Gasteiger partial charge in [-0.25, -0.2) is 0 Å². The van der Waals surface area contributed by atoms with Crippen LogP contribution in [0.2, 0.25) is 0 Å². The minimum absolute atomic E-state index is 0.0911. The standard InChI is InChI=1S/C13H15F3O2/c1-2-9-3-4-12(11(5-9)13(14,15)16)18-8-10-6-17-7-10/h3-5,10H,2,6-8H2,1H3. The maximum atomic E-state index is 12.9. The van der Waals surface area contributed by atoms with E-state index >= 15 is 0 Å². The Morgan fingerprint density at radius 1 is 1.33 bits per heavy atom. The third-order valence-corrected chi connectivity index (χ3v) is 2.94. The van der Waals surface area contributed by atoms with Crippen LogP contribution < -0.4 is 4.74 Å². The molecule has 0 radical (unpaired) electrons. The van der Waals surface area contributed by atoms with Gasteiger partial charge in [0, 0.05) is 5.92 Å². The Bertz CT molecular complexity index is 411. The van der Waals surface area contributed by atoms with E-state index in [-0.39, 0.29) is 18.3 Å². The fourth-order valence-corrected chi connectivity index (χ4v) is 1.73. The first-order valence-corrected chi connectivity index (χ1v) is 5.91. The molecule has 0 unspecified atom stereocenters. The normalized spacial score (nSPS) is 16.4. The van der Waals surface area contributed by atoms with Crippen molar-refractivity contribution < 1.29 is 22.6 Å². The third-order valence-electron chi connectivity index (χ3n) is 2.94. The van der Waals surface area contributed by atoms with Crippen molar-refractivity contribution in [1.29, 1.82) is 0 Å². The maximum absolute atomic E-state index is 12.9. The van der Waals surface area contributed by atoms with Gasteiger partial charge in [-0.15, -0.1) is 0 Å². The van der Waals surface area contributed by atoms with Gasteiger partial charge >= 0.3 is 6.18 Å². The van der Waals surface area contributed by atoms with Crippen molar-refractivity contribution in [3.8, 4) is 5.75 Å². The molecule has 1 aliphatic rings. The lowest BCUT2D eigenvalue weighted by molar-refractivity contribution is -0.139. The highest BCUT2D eigenvalue weighted by atomic mass is 19.4. The third kappa shape index (κ3) is 2.96. The SMILES string of the molecule is CCc1ccc(OCC2COC2)c(C(F)(F)F)c1. The molecular formula is C13H15F3O2. The number of aryl methyl sites for hydroxylation is 1. The van der Waals surface area contributed by atoms with E-state index in [4.69, 9.17) is 9.47 Å². The predicted molar refractivity (Wildman–Crippen MR) is 60.6 cm³/mol. The fourth-order valence-electron chi connectivity index (χ4n) is 1.73. The van der Waals surface area contributed by atoms with E-state index in [1.165, 1.54) is 6.07 Å². The summed E-state index contributed by atoms with van der Waals surface area (Å²) in [5.74, 6) is 0.114. The average Bonchev–Trinajstić information content (AvgIpc) is 2.26. The van der Waals surface area contributed by atoms with Crippen molar-refractivity contribution in [2.45, 2.75) is 19.5 Å². The van der Waals surface area contributed by atoms with E-state index in [0.717, 1.165) is 6.07 Å². The zero-order valence-corrected chi connectivity index (χ0v) is 10.1. The Morgan fingerprint density at radius 2 is 2.06 bits per heavy atom. The van der Waals surface area contributed by atoms with Crippen molar-refractivity contribution in [2.24, 2.45) is 5.92 Å². The molecule has 1 aliphatic heterocycles. The number of rotatable bonds is 4. The molecule has 2 rings (SSSR count). The number of hydrogen-bond donors (Lipinski definition) is 0. The highest BCUT2D eigenvalue weighted by Gasteiger charge is 2.35. The van der Waals surface area contributed by atoms with Gasteiger partial charge in [0.05, 0.1) is 25.4 Å². The second-order valence-electron chi connectivity index (χ2n) is 4.40. The largest absolute Gasteiger partial charge is 0.492 e. The van der Waals surface area contributed by atoms with Crippen LogP contribution in [0.1, 0.15) is 18.1 Å². The van der Waals surface area contributed by atoms with Gasteiger partial charge in [0.2, 0.25) is 0 Å². The van der Waals surface area contributed by atoms with Crippen LogP contribution >= 0.6 is 0 Å². The van der Waals surface area contributed by atoms with Gasteiger partial charge in [-0.05, 0) is 24.1 Å². The van der Waals surface area contributed by atoms with Crippen LogP contribution in [-0.4, -0.2) is 19.8 Å². The molecule has 1 fully saturated rings. The van der Waals surface area contributed by atoms with Crippen molar-refractivity contribution in [2.75, 3.05) is 19.8 Å². The summed E-state index contributed by atoms with van der Waals surface area (Å²) in [7, 11) is 0. The molecule has 18 heavy (non-hydrogen) atoms. The predicted octanol–water partition coefficient (Wildman–Crippen LogP) is 3.29. The number of benzene rings is 1. The van der Waals surface area contributed by atoms with Crippen LogP contribution in [-0.2, 0) is 17.3 Å². The first-order chi connectivity index (χ1) is 8.50. The summed E-state index contributed by atoms with van der Waals surface area (Å²) in [5.41, 5.74) is -0.0382. The zero-order chi connectivity index (χ0) is 13.2. The van der Waals surface area contributed by atoms with E-state index in [2.05, 4.69) is 0 Å². The maximum Gasteiger partial charge on any atom is 0.419 e. The van der Waals surface area contributed by atoms with E-state index in [0.29, 0.717) is 25.2 Å². The molecule has 0 N–H and O–H groups in total. The summed E-state index contributed by atoms with van der Waals surface area (Å²) < 4.78 is 48.9. The van der Waals surface area contributed by atoms with E-state index in [1.54, 1.807) is 6.07 Å². The second kappa shape index (κ2) is 5.18. The van der Waals surface area contributed by atoms with Crippen LogP contribution in [0.5, 0.6) is 5.75 Å². The van der Waals surface area contributed by atoms with Crippen LogP contribution in [0.4, 0.5) is 13.2 Å². The Labute approximate surface area is 104 Å². The molecule has 0 aromatic heterocycles. The first-order valence-electron chi connectivity index (χ1n) is 5.91.